The second kappa shape index (κ2) is 10.0. The summed E-state index contributed by atoms with van der Waals surface area (Å²) >= 11 is 0. The molecule has 8 heteroatoms. The second-order valence-corrected chi connectivity index (χ2v) is 6.81. The minimum absolute atomic E-state index is 0.0311. The van der Waals surface area contributed by atoms with Crippen LogP contribution in [0.15, 0.2) is 70.2 Å². The lowest BCUT2D eigenvalue weighted by Crippen LogP contribution is -2.34. The van der Waals surface area contributed by atoms with Gasteiger partial charge in [0.1, 0.15) is 11.5 Å². The Bertz CT molecular complexity index is 1120. The zero-order chi connectivity index (χ0) is 22.2. The van der Waals surface area contributed by atoms with Crippen LogP contribution < -0.4 is 16.1 Å². The van der Waals surface area contributed by atoms with Gasteiger partial charge in [-0.3, -0.25) is 14.4 Å². The van der Waals surface area contributed by atoms with Crippen LogP contribution in [-0.2, 0) is 16.1 Å². The summed E-state index contributed by atoms with van der Waals surface area (Å²) in [6.07, 6.45) is 1.35. The van der Waals surface area contributed by atoms with E-state index in [4.69, 9.17) is 4.42 Å². The standard InChI is InChI=1S/C23H22N4O4/c1-15-8-9-18(12-16(15)2)26-23(30)22(29)24-13-19-10-11-20(31-19)14-25-27-21(28)17-6-4-3-5-7-17/h3-12,14H,13H2,1-2H3,(H,24,29)(H,26,30)(H,27,28)/b25-14-. The number of aryl methyl sites for hydroxylation is 2. The van der Waals surface area contributed by atoms with E-state index in [1.807, 2.05) is 26.0 Å². The van der Waals surface area contributed by atoms with Gasteiger partial charge in [-0.15, -0.1) is 0 Å². The van der Waals surface area contributed by atoms with Gasteiger partial charge < -0.3 is 15.1 Å². The third-order valence-corrected chi connectivity index (χ3v) is 4.47. The molecule has 1 heterocycles. The van der Waals surface area contributed by atoms with Crippen molar-refractivity contribution >= 4 is 29.6 Å². The number of amides is 3. The molecule has 0 spiro atoms. The van der Waals surface area contributed by atoms with E-state index in [9.17, 15) is 14.4 Å². The van der Waals surface area contributed by atoms with E-state index in [0.29, 0.717) is 22.8 Å². The van der Waals surface area contributed by atoms with Crippen molar-refractivity contribution in [2.24, 2.45) is 5.10 Å². The molecule has 8 nitrogen and oxygen atoms in total. The average Bonchev–Trinajstić information content (AvgIpc) is 3.22. The minimum Gasteiger partial charge on any atom is -0.458 e. The van der Waals surface area contributed by atoms with Gasteiger partial charge in [0.15, 0.2) is 0 Å². The number of hydrogen-bond acceptors (Lipinski definition) is 5. The summed E-state index contributed by atoms with van der Waals surface area (Å²) < 4.78 is 5.50. The molecule has 3 rings (SSSR count). The summed E-state index contributed by atoms with van der Waals surface area (Å²) in [6, 6.07) is 17.4. The molecule has 0 atom stereocenters. The molecule has 158 valence electrons. The van der Waals surface area contributed by atoms with Crippen molar-refractivity contribution in [1.29, 1.82) is 0 Å². The van der Waals surface area contributed by atoms with Crippen molar-refractivity contribution < 1.29 is 18.8 Å². The fraction of sp³-hybridized carbons (Fsp3) is 0.130. The van der Waals surface area contributed by atoms with Crippen molar-refractivity contribution in [2.75, 3.05) is 5.32 Å². The molecule has 0 aliphatic heterocycles. The van der Waals surface area contributed by atoms with Crippen LogP contribution in [0.4, 0.5) is 5.69 Å². The van der Waals surface area contributed by atoms with Crippen LogP contribution in [-0.4, -0.2) is 23.9 Å². The third kappa shape index (κ3) is 6.14. The van der Waals surface area contributed by atoms with Crippen LogP contribution in [0, 0.1) is 13.8 Å². The molecule has 0 unspecified atom stereocenters. The van der Waals surface area contributed by atoms with Crippen LogP contribution in [0.2, 0.25) is 0 Å². The normalized spacial score (nSPS) is 10.6. The molecule has 2 aromatic carbocycles. The first-order chi connectivity index (χ1) is 14.9. The molecular formula is C23H22N4O4. The second-order valence-electron chi connectivity index (χ2n) is 6.81. The number of anilines is 1. The fourth-order valence-electron chi connectivity index (χ4n) is 2.62. The number of nitrogens with zero attached hydrogens (tertiary/aromatic N) is 1. The summed E-state index contributed by atoms with van der Waals surface area (Å²) in [5.74, 6) is -1.06. The van der Waals surface area contributed by atoms with E-state index in [1.165, 1.54) is 6.21 Å². The van der Waals surface area contributed by atoms with Crippen LogP contribution >= 0.6 is 0 Å². The lowest BCUT2D eigenvalue weighted by Gasteiger charge is -2.07. The predicted octanol–water partition coefficient (Wildman–Crippen LogP) is 2.92. The van der Waals surface area contributed by atoms with Crippen molar-refractivity contribution in [2.45, 2.75) is 20.4 Å². The summed E-state index contributed by atoms with van der Waals surface area (Å²) in [5.41, 5.74) is 5.55. The Morgan fingerprint density at radius 2 is 1.71 bits per heavy atom. The van der Waals surface area contributed by atoms with Crippen LogP contribution in [0.1, 0.15) is 33.0 Å². The number of nitrogens with one attached hydrogen (secondary N) is 3. The smallest absolute Gasteiger partial charge is 0.313 e. The number of benzene rings is 2. The van der Waals surface area contributed by atoms with Gasteiger partial charge in [-0.2, -0.15) is 5.10 Å². The molecule has 0 saturated heterocycles. The summed E-state index contributed by atoms with van der Waals surface area (Å²) in [7, 11) is 0. The van der Waals surface area contributed by atoms with E-state index in [2.05, 4.69) is 21.2 Å². The quantitative estimate of drug-likeness (QED) is 0.324. The van der Waals surface area contributed by atoms with E-state index in [-0.39, 0.29) is 12.5 Å². The van der Waals surface area contributed by atoms with Gasteiger partial charge in [0.25, 0.3) is 5.91 Å². The zero-order valence-corrected chi connectivity index (χ0v) is 17.1. The van der Waals surface area contributed by atoms with E-state index >= 15 is 0 Å². The molecule has 0 saturated carbocycles. The van der Waals surface area contributed by atoms with E-state index in [1.54, 1.807) is 48.5 Å². The largest absolute Gasteiger partial charge is 0.458 e. The lowest BCUT2D eigenvalue weighted by molar-refractivity contribution is -0.136. The summed E-state index contributed by atoms with van der Waals surface area (Å²) in [6.45, 7) is 3.92. The molecule has 0 radical (unpaired) electrons. The predicted molar refractivity (Wildman–Crippen MR) is 117 cm³/mol. The lowest BCUT2D eigenvalue weighted by atomic mass is 10.1. The monoisotopic (exact) mass is 418 g/mol. The van der Waals surface area contributed by atoms with Crippen LogP contribution in [0.3, 0.4) is 0 Å². The first-order valence-corrected chi connectivity index (χ1v) is 9.56. The Hall–Kier alpha value is -4.20. The maximum atomic E-state index is 12.0. The van der Waals surface area contributed by atoms with Crippen LogP contribution in [0.25, 0.3) is 0 Å². The summed E-state index contributed by atoms with van der Waals surface area (Å²) in [5, 5.41) is 8.90. The molecule has 0 bridgehead atoms. The minimum atomic E-state index is -0.778. The number of furan rings is 1. The van der Waals surface area contributed by atoms with Gasteiger partial charge in [0.05, 0.1) is 12.8 Å². The molecule has 31 heavy (non-hydrogen) atoms. The Morgan fingerprint density at radius 1 is 0.935 bits per heavy atom. The number of hydrogen-bond donors (Lipinski definition) is 3. The van der Waals surface area contributed by atoms with E-state index < -0.39 is 11.8 Å². The van der Waals surface area contributed by atoms with Crippen molar-refractivity contribution in [3.63, 3.8) is 0 Å². The highest BCUT2D eigenvalue weighted by molar-refractivity contribution is 6.39. The van der Waals surface area contributed by atoms with Crippen molar-refractivity contribution in [1.82, 2.24) is 10.7 Å². The van der Waals surface area contributed by atoms with Gasteiger partial charge >= 0.3 is 11.8 Å². The van der Waals surface area contributed by atoms with Gasteiger partial charge in [0, 0.05) is 11.3 Å². The van der Waals surface area contributed by atoms with Crippen molar-refractivity contribution in [3.05, 3.63) is 88.9 Å². The first-order valence-electron chi connectivity index (χ1n) is 9.56. The SMILES string of the molecule is Cc1ccc(NC(=O)C(=O)NCc2ccc(/C=N\NC(=O)c3ccccc3)o2)cc1C. The maximum Gasteiger partial charge on any atom is 0.313 e. The van der Waals surface area contributed by atoms with Gasteiger partial charge in [-0.1, -0.05) is 24.3 Å². The van der Waals surface area contributed by atoms with Crippen LogP contribution in [0.5, 0.6) is 0 Å². The molecular weight excluding hydrogens is 396 g/mol. The molecule has 3 N–H and O–H groups in total. The van der Waals surface area contributed by atoms with Crippen molar-refractivity contribution in [3.8, 4) is 0 Å². The average molecular weight is 418 g/mol. The number of hydrazone groups is 1. The molecule has 0 aliphatic rings. The van der Waals surface area contributed by atoms with E-state index in [0.717, 1.165) is 11.1 Å². The van der Waals surface area contributed by atoms with Gasteiger partial charge in [-0.05, 0) is 61.4 Å². The van der Waals surface area contributed by atoms with Gasteiger partial charge in [0.2, 0.25) is 0 Å². The number of carbonyl (C=O) groups is 3. The maximum absolute atomic E-state index is 12.0. The number of rotatable bonds is 6. The summed E-state index contributed by atoms with van der Waals surface area (Å²) in [4.78, 5) is 36.0. The Kier molecular flexibility index (Phi) is 6.95. The highest BCUT2D eigenvalue weighted by atomic mass is 16.3. The molecule has 3 aromatic rings. The highest BCUT2D eigenvalue weighted by Crippen LogP contribution is 2.14. The Labute approximate surface area is 179 Å². The topological polar surface area (TPSA) is 113 Å². The Morgan fingerprint density at radius 3 is 2.45 bits per heavy atom. The fourth-order valence-corrected chi connectivity index (χ4v) is 2.62. The molecule has 0 fully saturated rings. The zero-order valence-electron chi connectivity index (χ0n) is 17.1. The third-order valence-electron chi connectivity index (χ3n) is 4.47. The molecule has 3 amide bonds. The van der Waals surface area contributed by atoms with Gasteiger partial charge in [-0.25, -0.2) is 5.43 Å². The first kappa shape index (κ1) is 21.5. The Balaban J connectivity index is 1.46. The highest BCUT2D eigenvalue weighted by Gasteiger charge is 2.14. The molecule has 0 aliphatic carbocycles. The molecule has 1 aromatic heterocycles. The number of carbonyl (C=O) groups excluding carboxylic acids is 3.